The summed E-state index contributed by atoms with van der Waals surface area (Å²) in [6.45, 7) is 19.1. The standard InChI is InChI=1S/C19H43N3/c1-5-14-21(15-6-2)18-10-9-12-20-13-11-19-22(16-7-3)17-8-4/h20H,5-19H2,1-4H3. The topological polar surface area (TPSA) is 18.5 Å². The van der Waals surface area contributed by atoms with Crippen LogP contribution in [0.3, 0.4) is 0 Å². The lowest BCUT2D eigenvalue weighted by Gasteiger charge is -2.21. The van der Waals surface area contributed by atoms with Crippen LogP contribution >= 0.6 is 0 Å². The molecule has 0 fully saturated rings. The zero-order valence-corrected chi connectivity index (χ0v) is 16.0. The highest BCUT2D eigenvalue weighted by Gasteiger charge is 2.02. The summed E-state index contributed by atoms with van der Waals surface area (Å²) in [5.74, 6) is 0. The van der Waals surface area contributed by atoms with Crippen molar-refractivity contribution in [2.24, 2.45) is 0 Å². The maximum absolute atomic E-state index is 3.62. The number of nitrogens with zero attached hydrogens (tertiary/aromatic N) is 2. The fraction of sp³-hybridized carbons (Fsp3) is 1.00. The van der Waals surface area contributed by atoms with Gasteiger partial charge in [-0.1, -0.05) is 27.7 Å². The van der Waals surface area contributed by atoms with Crippen molar-refractivity contribution < 1.29 is 0 Å². The van der Waals surface area contributed by atoms with Crippen LogP contribution in [-0.4, -0.2) is 62.2 Å². The van der Waals surface area contributed by atoms with Gasteiger partial charge in [0.15, 0.2) is 0 Å². The van der Waals surface area contributed by atoms with Gasteiger partial charge < -0.3 is 15.1 Å². The molecule has 0 atom stereocenters. The average Bonchev–Trinajstić information content (AvgIpc) is 2.50. The van der Waals surface area contributed by atoms with Gasteiger partial charge >= 0.3 is 0 Å². The van der Waals surface area contributed by atoms with E-state index in [-0.39, 0.29) is 0 Å². The lowest BCUT2D eigenvalue weighted by Crippen LogP contribution is -2.29. The molecule has 0 amide bonds. The number of hydrogen-bond donors (Lipinski definition) is 1. The van der Waals surface area contributed by atoms with E-state index in [4.69, 9.17) is 0 Å². The average molecular weight is 314 g/mol. The minimum Gasteiger partial charge on any atom is -0.317 e. The Kier molecular flexibility index (Phi) is 17.1. The summed E-state index contributed by atoms with van der Waals surface area (Å²) in [6, 6.07) is 0. The first kappa shape index (κ1) is 21.9. The van der Waals surface area contributed by atoms with Gasteiger partial charge in [0.2, 0.25) is 0 Å². The predicted octanol–water partition coefficient (Wildman–Crippen LogP) is 3.99. The smallest absolute Gasteiger partial charge is 0.000664 e. The minimum absolute atomic E-state index is 1.18. The number of nitrogens with one attached hydrogen (secondary N) is 1. The molecule has 0 heterocycles. The van der Waals surface area contributed by atoms with Crippen LogP contribution in [0, 0.1) is 0 Å². The molecule has 0 aliphatic carbocycles. The zero-order valence-electron chi connectivity index (χ0n) is 16.0. The maximum Gasteiger partial charge on any atom is -0.000664 e. The lowest BCUT2D eigenvalue weighted by molar-refractivity contribution is 0.265. The molecule has 0 aliphatic rings. The molecule has 0 rings (SSSR count). The molecule has 22 heavy (non-hydrogen) atoms. The number of unbranched alkanes of at least 4 members (excludes halogenated alkanes) is 1. The Labute approximate surface area is 140 Å². The van der Waals surface area contributed by atoms with Gasteiger partial charge in [-0.15, -0.1) is 0 Å². The van der Waals surface area contributed by atoms with Crippen molar-refractivity contribution in [1.82, 2.24) is 15.1 Å². The summed E-state index contributed by atoms with van der Waals surface area (Å²) in [5, 5.41) is 3.62. The third-order valence-electron chi connectivity index (χ3n) is 4.07. The van der Waals surface area contributed by atoms with E-state index < -0.39 is 0 Å². The first-order chi connectivity index (χ1) is 10.8. The Balaban J connectivity index is 3.44. The molecule has 0 radical (unpaired) electrons. The van der Waals surface area contributed by atoms with Gasteiger partial charge in [-0.2, -0.15) is 0 Å². The van der Waals surface area contributed by atoms with Crippen molar-refractivity contribution in [2.45, 2.75) is 72.6 Å². The second-order valence-corrected chi connectivity index (χ2v) is 6.49. The van der Waals surface area contributed by atoms with Crippen LogP contribution in [0.1, 0.15) is 72.6 Å². The third-order valence-corrected chi connectivity index (χ3v) is 4.07. The van der Waals surface area contributed by atoms with Crippen LogP contribution in [0.25, 0.3) is 0 Å². The van der Waals surface area contributed by atoms with E-state index in [1.807, 2.05) is 0 Å². The van der Waals surface area contributed by atoms with Crippen molar-refractivity contribution >= 4 is 0 Å². The molecule has 0 aromatic carbocycles. The van der Waals surface area contributed by atoms with E-state index in [0.717, 1.165) is 0 Å². The van der Waals surface area contributed by atoms with Crippen molar-refractivity contribution in [2.75, 3.05) is 52.4 Å². The molecule has 3 nitrogen and oxygen atoms in total. The zero-order chi connectivity index (χ0) is 16.5. The molecule has 3 heteroatoms. The van der Waals surface area contributed by atoms with E-state index in [9.17, 15) is 0 Å². The van der Waals surface area contributed by atoms with Gasteiger partial charge in [-0.25, -0.2) is 0 Å². The van der Waals surface area contributed by atoms with Crippen molar-refractivity contribution in [1.29, 1.82) is 0 Å². The molecular weight excluding hydrogens is 270 g/mol. The van der Waals surface area contributed by atoms with Crippen LogP contribution in [0.2, 0.25) is 0 Å². The van der Waals surface area contributed by atoms with E-state index >= 15 is 0 Å². The Morgan fingerprint density at radius 3 is 1.36 bits per heavy atom. The fourth-order valence-electron chi connectivity index (χ4n) is 3.07. The molecule has 0 unspecified atom stereocenters. The summed E-state index contributed by atoms with van der Waals surface area (Å²) in [6.07, 6.45) is 9.06. The quantitative estimate of drug-likeness (QED) is 0.410. The summed E-state index contributed by atoms with van der Waals surface area (Å²) >= 11 is 0. The van der Waals surface area contributed by atoms with E-state index in [2.05, 4.69) is 42.8 Å². The van der Waals surface area contributed by atoms with Gasteiger partial charge in [0.1, 0.15) is 0 Å². The van der Waals surface area contributed by atoms with Crippen molar-refractivity contribution in [3.05, 3.63) is 0 Å². The monoisotopic (exact) mass is 313 g/mol. The van der Waals surface area contributed by atoms with Gasteiger partial charge in [0.25, 0.3) is 0 Å². The largest absolute Gasteiger partial charge is 0.317 e. The van der Waals surface area contributed by atoms with Crippen LogP contribution in [0.15, 0.2) is 0 Å². The van der Waals surface area contributed by atoms with E-state index in [1.54, 1.807) is 0 Å². The molecule has 0 aliphatic heterocycles. The second-order valence-electron chi connectivity index (χ2n) is 6.49. The molecule has 134 valence electrons. The summed E-state index contributed by atoms with van der Waals surface area (Å²) in [4.78, 5) is 5.22. The first-order valence-electron chi connectivity index (χ1n) is 9.93. The molecule has 0 saturated carbocycles. The van der Waals surface area contributed by atoms with E-state index in [0.29, 0.717) is 0 Å². The predicted molar refractivity (Wildman–Crippen MR) is 101 cm³/mol. The SMILES string of the molecule is CCCN(CCC)CCCCNCCCN(CCC)CCC. The summed E-state index contributed by atoms with van der Waals surface area (Å²) < 4.78 is 0. The lowest BCUT2D eigenvalue weighted by atomic mass is 10.2. The van der Waals surface area contributed by atoms with Crippen LogP contribution in [0.5, 0.6) is 0 Å². The molecule has 0 spiro atoms. The Morgan fingerprint density at radius 2 is 0.909 bits per heavy atom. The first-order valence-corrected chi connectivity index (χ1v) is 9.93. The van der Waals surface area contributed by atoms with Crippen molar-refractivity contribution in [3.8, 4) is 0 Å². The molecule has 0 bridgehead atoms. The van der Waals surface area contributed by atoms with Crippen LogP contribution < -0.4 is 5.32 Å². The highest BCUT2D eigenvalue weighted by molar-refractivity contribution is 4.60. The molecule has 0 aromatic rings. The number of rotatable bonds is 17. The fourth-order valence-corrected chi connectivity index (χ4v) is 3.07. The van der Waals surface area contributed by atoms with Gasteiger partial charge in [0, 0.05) is 0 Å². The molecule has 0 aromatic heterocycles. The summed E-state index contributed by atoms with van der Waals surface area (Å²) in [5.41, 5.74) is 0. The molecule has 0 saturated heterocycles. The normalized spacial score (nSPS) is 11.7. The summed E-state index contributed by atoms with van der Waals surface area (Å²) in [7, 11) is 0. The highest BCUT2D eigenvalue weighted by atomic mass is 15.1. The minimum atomic E-state index is 1.18. The van der Waals surface area contributed by atoms with Gasteiger partial charge in [-0.05, 0) is 97.3 Å². The molecule has 1 N–H and O–H groups in total. The van der Waals surface area contributed by atoms with Gasteiger partial charge in [-0.3, -0.25) is 0 Å². The van der Waals surface area contributed by atoms with E-state index in [1.165, 1.54) is 97.3 Å². The van der Waals surface area contributed by atoms with Crippen molar-refractivity contribution in [3.63, 3.8) is 0 Å². The maximum atomic E-state index is 3.62. The molecular formula is C19H43N3. The number of hydrogen-bond acceptors (Lipinski definition) is 3. The Morgan fingerprint density at radius 1 is 0.500 bits per heavy atom. The third kappa shape index (κ3) is 13.5. The van der Waals surface area contributed by atoms with Gasteiger partial charge in [0.05, 0.1) is 0 Å². The highest BCUT2D eigenvalue weighted by Crippen LogP contribution is 1.99. The van der Waals surface area contributed by atoms with Crippen LogP contribution in [-0.2, 0) is 0 Å². The Hall–Kier alpha value is -0.120. The van der Waals surface area contributed by atoms with Crippen LogP contribution in [0.4, 0.5) is 0 Å². The Bertz CT molecular complexity index is 175. The second kappa shape index (κ2) is 17.2.